The zero-order valence-electron chi connectivity index (χ0n) is 19.9. The summed E-state index contributed by atoms with van der Waals surface area (Å²) in [7, 11) is 4.31. The largest absolute Gasteiger partial charge is 0.393 e. The SMILES string of the molecule is CC1CC(CC[C@@H](C)[C@H]2CC[C@H]3[C@@H]4CC[C@@H]5C[C@H](O)CC[C@]5(C)[C@H]4CC[C@]23C)SS1. The molecule has 30 heavy (non-hydrogen) atoms. The molecule has 1 nitrogen and oxygen atoms in total. The second kappa shape index (κ2) is 8.46. The van der Waals surface area contributed by atoms with Crippen LogP contribution in [0.4, 0.5) is 0 Å². The predicted molar refractivity (Wildman–Crippen MR) is 133 cm³/mol. The van der Waals surface area contributed by atoms with Gasteiger partial charge in [0.25, 0.3) is 0 Å². The monoisotopic (exact) mass is 450 g/mol. The lowest BCUT2D eigenvalue weighted by Gasteiger charge is -2.61. The van der Waals surface area contributed by atoms with Crippen LogP contribution in [0, 0.1) is 46.3 Å². The van der Waals surface area contributed by atoms with Gasteiger partial charge in [0, 0.05) is 10.5 Å². The van der Waals surface area contributed by atoms with Crippen LogP contribution in [0.3, 0.4) is 0 Å². The molecule has 0 bridgehead atoms. The summed E-state index contributed by atoms with van der Waals surface area (Å²) in [5.41, 5.74) is 1.14. The van der Waals surface area contributed by atoms with Gasteiger partial charge in [-0.3, -0.25) is 0 Å². The summed E-state index contributed by atoms with van der Waals surface area (Å²) in [4.78, 5) is 0. The second-order valence-corrected chi connectivity index (χ2v) is 15.7. The number of aliphatic hydroxyl groups excluding tert-OH is 1. The lowest BCUT2D eigenvalue weighted by Crippen LogP contribution is -2.54. The minimum Gasteiger partial charge on any atom is -0.393 e. The molecule has 5 fully saturated rings. The summed E-state index contributed by atoms with van der Waals surface area (Å²) < 4.78 is 0. The van der Waals surface area contributed by atoms with Gasteiger partial charge >= 0.3 is 0 Å². The Morgan fingerprint density at radius 1 is 0.900 bits per heavy atom. The summed E-state index contributed by atoms with van der Waals surface area (Å²) in [6, 6.07) is 0. The van der Waals surface area contributed by atoms with Gasteiger partial charge < -0.3 is 5.11 Å². The quantitative estimate of drug-likeness (QED) is 0.439. The molecule has 4 saturated carbocycles. The first-order valence-corrected chi connectivity index (χ1v) is 15.6. The van der Waals surface area contributed by atoms with Crippen molar-refractivity contribution in [3.63, 3.8) is 0 Å². The van der Waals surface area contributed by atoms with Crippen molar-refractivity contribution in [2.75, 3.05) is 0 Å². The minimum absolute atomic E-state index is 0.00962. The summed E-state index contributed by atoms with van der Waals surface area (Å²) in [6.07, 6.45) is 16.6. The van der Waals surface area contributed by atoms with E-state index in [0.29, 0.717) is 10.8 Å². The first-order chi connectivity index (χ1) is 14.3. The fourth-order valence-corrected chi connectivity index (χ4v) is 12.8. The van der Waals surface area contributed by atoms with E-state index >= 15 is 0 Å². The maximum absolute atomic E-state index is 10.3. The molecule has 11 atom stereocenters. The average Bonchev–Trinajstić information content (AvgIpc) is 3.29. The van der Waals surface area contributed by atoms with Crippen molar-refractivity contribution < 1.29 is 5.11 Å². The Bertz CT molecular complexity index is 624. The molecule has 1 aliphatic heterocycles. The third-order valence-corrected chi connectivity index (χ3v) is 14.8. The van der Waals surface area contributed by atoms with Crippen molar-refractivity contribution in [3.8, 4) is 0 Å². The summed E-state index contributed by atoms with van der Waals surface area (Å²) in [6.45, 7) is 10.4. The predicted octanol–water partition coefficient (Wildman–Crippen LogP) is 7.96. The van der Waals surface area contributed by atoms with Crippen LogP contribution in [0.1, 0.15) is 105 Å². The highest BCUT2D eigenvalue weighted by atomic mass is 33.1. The highest BCUT2D eigenvalue weighted by molar-refractivity contribution is 8.77. The van der Waals surface area contributed by atoms with Crippen LogP contribution in [0.2, 0.25) is 0 Å². The van der Waals surface area contributed by atoms with Crippen molar-refractivity contribution in [1.82, 2.24) is 0 Å². The normalized spacial score (nSPS) is 54.3. The maximum atomic E-state index is 10.3. The van der Waals surface area contributed by atoms with Gasteiger partial charge in [-0.15, -0.1) is 0 Å². The molecule has 1 N–H and O–H groups in total. The zero-order valence-corrected chi connectivity index (χ0v) is 21.6. The molecule has 0 amide bonds. The Morgan fingerprint density at radius 2 is 1.67 bits per heavy atom. The van der Waals surface area contributed by atoms with Gasteiger partial charge in [-0.25, -0.2) is 0 Å². The highest BCUT2D eigenvalue weighted by Crippen LogP contribution is 2.68. The molecule has 1 heterocycles. The summed E-state index contributed by atoms with van der Waals surface area (Å²) in [5.74, 6) is 5.61. The van der Waals surface area contributed by atoms with Gasteiger partial charge in [-0.05, 0) is 123 Å². The first kappa shape index (κ1) is 22.5. The van der Waals surface area contributed by atoms with Crippen LogP contribution < -0.4 is 0 Å². The zero-order chi connectivity index (χ0) is 21.1. The molecule has 5 rings (SSSR count). The van der Waals surface area contributed by atoms with Crippen LogP contribution in [0.25, 0.3) is 0 Å². The smallest absolute Gasteiger partial charge is 0.0543 e. The summed E-state index contributed by atoms with van der Waals surface area (Å²) in [5, 5.41) is 12.1. The molecule has 172 valence electrons. The van der Waals surface area contributed by atoms with Crippen molar-refractivity contribution in [2.24, 2.45) is 46.3 Å². The molecule has 1 saturated heterocycles. The highest BCUT2D eigenvalue weighted by Gasteiger charge is 2.60. The molecular weight excluding hydrogens is 404 g/mol. The standard InChI is InChI=1S/C27H46OS2/c1-17(5-7-21-15-18(2)29-30-21)23-9-10-24-22-8-6-19-16-20(28)11-13-26(19,3)25(22)12-14-27(23,24)4/h17-25,28H,5-16H2,1-4H3/t17-,18?,19-,20-,21?,22+,23-,24+,25+,26+,27-/m1/s1. The van der Waals surface area contributed by atoms with E-state index < -0.39 is 0 Å². The Morgan fingerprint density at radius 3 is 2.43 bits per heavy atom. The Balaban J connectivity index is 1.26. The van der Waals surface area contributed by atoms with Crippen molar-refractivity contribution >= 4 is 21.6 Å². The molecule has 4 aliphatic carbocycles. The third kappa shape index (κ3) is 3.73. The molecule has 5 aliphatic rings. The van der Waals surface area contributed by atoms with E-state index in [4.69, 9.17) is 0 Å². The number of fused-ring (bicyclic) bond motifs is 5. The molecule has 0 aromatic rings. The fourth-order valence-electron chi connectivity index (χ4n) is 9.65. The Hall–Kier alpha value is 0.660. The maximum Gasteiger partial charge on any atom is 0.0543 e. The van der Waals surface area contributed by atoms with E-state index in [9.17, 15) is 5.11 Å². The van der Waals surface area contributed by atoms with E-state index in [2.05, 4.69) is 49.3 Å². The number of aliphatic hydroxyl groups is 1. The van der Waals surface area contributed by atoms with Crippen LogP contribution >= 0.6 is 21.6 Å². The minimum atomic E-state index is -0.00962. The lowest BCUT2D eigenvalue weighted by molar-refractivity contribution is -0.129. The average molecular weight is 451 g/mol. The molecule has 0 radical (unpaired) electrons. The van der Waals surface area contributed by atoms with Crippen LogP contribution in [-0.2, 0) is 0 Å². The van der Waals surface area contributed by atoms with Gasteiger partial charge in [-0.2, -0.15) is 0 Å². The van der Waals surface area contributed by atoms with Crippen molar-refractivity contribution in [3.05, 3.63) is 0 Å². The van der Waals surface area contributed by atoms with E-state index in [1.54, 1.807) is 0 Å². The Kier molecular flexibility index (Phi) is 6.33. The van der Waals surface area contributed by atoms with Gasteiger partial charge in [0.15, 0.2) is 0 Å². The fraction of sp³-hybridized carbons (Fsp3) is 1.00. The van der Waals surface area contributed by atoms with Crippen LogP contribution in [0.15, 0.2) is 0 Å². The van der Waals surface area contributed by atoms with Gasteiger partial charge in [0.05, 0.1) is 6.10 Å². The van der Waals surface area contributed by atoms with E-state index in [1.165, 1.54) is 64.2 Å². The van der Waals surface area contributed by atoms with Crippen molar-refractivity contribution in [1.29, 1.82) is 0 Å². The molecule has 0 spiro atoms. The van der Waals surface area contributed by atoms with Crippen molar-refractivity contribution in [2.45, 2.75) is 121 Å². The molecule has 3 heteroatoms. The number of hydrogen-bond acceptors (Lipinski definition) is 3. The topological polar surface area (TPSA) is 20.2 Å². The molecule has 0 aromatic heterocycles. The van der Waals surface area contributed by atoms with Gasteiger partial charge in [0.1, 0.15) is 0 Å². The van der Waals surface area contributed by atoms with Crippen LogP contribution in [0.5, 0.6) is 0 Å². The molecular formula is C27H46OS2. The number of rotatable bonds is 4. The van der Waals surface area contributed by atoms with Crippen LogP contribution in [-0.4, -0.2) is 21.7 Å². The first-order valence-electron chi connectivity index (χ1n) is 13.3. The Labute approximate surface area is 194 Å². The second-order valence-electron chi connectivity index (χ2n) is 12.7. The van der Waals surface area contributed by atoms with E-state index in [0.717, 1.165) is 58.8 Å². The summed E-state index contributed by atoms with van der Waals surface area (Å²) >= 11 is 0. The van der Waals surface area contributed by atoms with Gasteiger partial charge in [-0.1, -0.05) is 49.3 Å². The van der Waals surface area contributed by atoms with E-state index in [-0.39, 0.29) is 6.10 Å². The molecule has 2 unspecified atom stereocenters. The molecule has 0 aromatic carbocycles. The third-order valence-electron chi connectivity index (χ3n) is 11.3. The van der Waals surface area contributed by atoms with Gasteiger partial charge in [0.2, 0.25) is 0 Å². The van der Waals surface area contributed by atoms with E-state index in [1.807, 2.05) is 0 Å². The lowest BCUT2D eigenvalue weighted by atomic mass is 9.44. The number of hydrogen-bond donors (Lipinski definition) is 1.